The largest absolute Gasteiger partial charge is 0.494 e. The molecule has 0 saturated heterocycles. The van der Waals surface area contributed by atoms with Crippen molar-refractivity contribution in [1.29, 1.82) is 0 Å². The zero-order chi connectivity index (χ0) is 15.7. The number of hydrogen-bond acceptors (Lipinski definition) is 3. The molecule has 0 aliphatic heterocycles. The summed E-state index contributed by atoms with van der Waals surface area (Å²) in [5, 5.41) is 8.75. The van der Waals surface area contributed by atoms with E-state index in [4.69, 9.17) is 9.84 Å². The number of rotatable bonds is 9. The number of benzene rings is 1. The number of carboxylic acid groups (broad SMARTS) is 1. The van der Waals surface area contributed by atoms with Gasteiger partial charge in [0.05, 0.1) is 6.61 Å². The Hall–Kier alpha value is -2.30. The highest BCUT2D eigenvalue weighted by molar-refractivity contribution is 5.81. The van der Waals surface area contributed by atoms with Gasteiger partial charge in [-0.05, 0) is 25.5 Å². The third-order valence-electron chi connectivity index (χ3n) is 2.85. The van der Waals surface area contributed by atoms with Gasteiger partial charge in [0.2, 0.25) is 5.91 Å². The fourth-order valence-corrected chi connectivity index (χ4v) is 1.78. The van der Waals surface area contributed by atoms with E-state index < -0.39 is 5.97 Å². The van der Waals surface area contributed by atoms with Gasteiger partial charge in [-0.1, -0.05) is 23.8 Å². The smallest absolute Gasteiger partial charge is 0.323 e. The topological polar surface area (TPSA) is 66.8 Å². The van der Waals surface area contributed by atoms with E-state index in [9.17, 15) is 9.59 Å². The van der Waals surface area contributed by atoms with Crippen LogP contribution in [0.25, 0.3) is 0 Å². The molecule has 1 N–H and O–H groups in total. The van der Waals surface area contributed by atoms with Crippen LogP contribution in [-0.2, 0) is 9.59 Å². The molecular weight excluding hydrogens is 270 g/mol. The first-order valence-corrected chi connectivity index (χ1v) is 6.83. The summed E-state index contributed by atoms with van der Waals surface area (Å²) in [4.78, 5) is 23.8. The van der Waals surface area contributed by atoms with Crippen LogP contribution in [0.15, 0.2) is 36.9 Å². The molecule has 1 rings (SSSR count). The molecule has 0 unspecified atom stereocenters. The Morgan fingerprint density at radius 1 is 1.33 bits per heavy atom. The minimum atomic E-state index is -1.03. The van der Waals surface area contributed by atoms with Crippen molar-refractivity contribution in [2.45, 2.75) is 19.8 Å². The van der Waals surface area contributed by atoms with Gasteiger partial charge in [0, 0.05) is 13.0 Å². The SMILES string of the molecule is C=CCN(CC(=O)O)C(=O)CCCOc1ccc(C)cc1. The zero-order valence-corrected chi connectivity index (χ0v) is 12.2. The van der Waals surface area contributed by atoms with Crippen molar-refractivity contribution in [2.75, 3.05) is 19.7 Å². The summed E-state index contributed by atoms with van der Waals surface area (Å²) in [5.74, 6) is -0.465. The monoisotopic (exact) mass is 291 g/mol. The fraction of sp³-hybridized carbons (Fsp3) is 0.375. The van der Waals surface area contributed by atoms with Crippen LogP contribution in [0.3, 0.4) is 0 Å². The number of carbonyl (C=O) groups is 2. The molecule has 21 heavy (non-hydrogen) atoms. The van der Waals surface area contributed by atoms with Crippen LogP contribution in [-0.4, -0.2) is 41.6 Å². The Morgan fingerprint density at radius 3 is 2.57 bits per heavy atom. The lowest BCUT2D eigenvalue weighted by Gasteiger charge is -2.18. The molecule has 0 heterocycles. The van der Waals surface area contributed by atoms with Crippen LogP contribution in [0, 0.1) is 6.92 Å². The molecule has 0 aliphatic carbocycles. The van der Waals surface area contributed by atoms with E-state index in [1.165, 1.54) is 11.0 Å². The Kier molecular flexibility index (Phi) is 7.01. The first-order valence-electron chi connectivity index (χ1n) is 6.83. The van der Waals surface area contributed by atoms with Crippen LogP contribution in [0.2, 0.25) is 0 Å². The summed E-state index contributed by atoms with van der Waals surface area (Å²) in [5.41, 5.74) is 1.16. The molecule has 0 atom stereocenters. The Labute approximate surface area is 124 Å². The van der Waals surface area contributed by atoms with E-state index in [1.54, 1.807) is 0 Å². The summed E-state index contributed by atoms with van der Waals surface area (Å²) in [6, 6.07) is 7.68. The lowest BCUT2D eigenvalue weighted by molar-refractivity contribution is -0.144. The predicted octanol–water partition coefficient (Wildman–Crippen LogP) is 2.25. The van der Waals surface area contributed by atoms with E-state index in [2.05, 4.69) is 6.58 Å². The maximum absolute atomic E-state index is 11.9. The van der Waals surface area contributed by atoms with Crippen LogP contribution >= 0.6 is 0 Å². The molecule has 0 radical (unpaired) electrons. The number of nitrogens with zero attached hydrogens (tertiary/aromatic N) is 1. The molecule has 0 aromatic heterocycles. The van der Waals surface area contributed by atoms with E-state index in [0.717, 1.165) is 11.3 Å². The summed E-state index contributed by atoms with van der Waals surface area (Å²) in [6.45, 7) is 5.88. The molecule has 0 spiro atoms. The minimum absolute atomic E-state index is 0.204. The van der Waals surface area contributed by atoms with E-state index >= 15 is 0 Å². The van der Waals surface area contributed by atoms with Crippen molar-refractivity contribution >= 4 is 11.9 Å². The van der Waals surface area contributed by atoms with Crippen molar-refractivity contribution in [1.82, 2.24) is 4.90 Å². The summed E-state index contributed by atoms with van der Waals surface area (Å²) in [7, 11) is 0. The van der Waals surface area contributed by atoms with Crippen LogP contribution in [0.1, 0.15) is 18.4 Å². The fourth-order valence-electron chi connectivity index (χ4n) is 1.78. The number of aryl methyl sites for hydroxylation is 1. The van der Waals surface area contributed by atoms with E-state index in [0.29, 0.717) is 13.0 Å². The average Bonchev–Trinajstić information content (AvgIpc) is 2.44. The van der Waals surface area contributed by atoms with Gasteiger partial charge in [0.25, 0.3) is 0 Å². The third-order valence-corrected chi connectivity index (χ3v) is 2.85. The maximum atomic E-state index is 11.9. The van der Waals surface area contributed by atoms with E-state index in [1.807, 2.05) is 31.2 Å². The molecule has 5 heteroatoms. The number of aliphatic carboxylic acids is 1. The van der Waals surface area contributed by atoms with Crippen molar-refractivity contribution in [3.63, 3.8) is 0 Å². The third kappa shape index (κ3) is 6.61. The number of ether oxygens (including phenoxy) is 1. The number of hydrogen-bond donors (Lipinski definition) is 1. The lowest BCUT2D eigenvalue weighted by Crippen LogP contribution is -2.35. The first kappa shape index (κ1) is 16.8. The Balaban J connectivity index is 2.32. The lowest BCUT2D eigenvalue weighted by atomic mass is 10.2. The molecule has 0 aliphatic rings. The average molecular weight is 291 g/mol. The van der Waals surface area contributed by atoms with Gasteiger partial charge >= 0.3 is 5.97 Å². The molecule has 114 valence electrons. The van der Waals surface area contributed by atoms with Gasteiger partial charge in [-0.25, -0.2) is 0 Å². The van der Waals surface area contributed by atoms with Gasteiger partial charge in [-0.15, -0.1) is 6.58 Å². The Bertz CT molecular complexity index is 482. The minimum Gasteiger partial charge on any atom is -0.494 e. The molecule has 0 saturated carbocycles. The quantitative estimate of drug-likeness (QED) is 0.560. The predicted molar refractivity (Wildman–Crippen MR) is 80.3 cm³/mol. The highest BCUT2D eigenvalue weighted by Crippen LogP contribution is 2.12. The molecular formula is C16H21NO4. The van der Waals surface area contributed by atoms with Crippen LogP contribution in [0.4, 0.5) is 0 Å². The highest BCUT2D eigenvalue weighted by atomic mass is 16.5. The zero-order valence-electron chi connectivity index (χ0n) is 12.2. The first-order chi connectivity index (χ1) is 10.0. The van der Waals surface area contributed by atoms with Crippen LogP contribution in [0.5, 0.6) is 5.75 Å². The van der Waals surface area contributed by atoms with E-state index in [-0.39, 0.29) is 25.4 Å². The highest BCUT2D eigenvalue weighted by Gasteiger charge is 2.14. The standard InChI is InChI=1S/C16H21NO4/c1-3-10-17(12-16(19)20)15(18)5-4-11-21-14-8-6-13(2)7-9-14/h3,6-9H,1,4-5,10-12H2,2H3,(H,19,20). The molecule has 5 nitrogen and oxygen atoms in total. The van der Waals surface area contributed by atoms with Gasteiger partial charge in [0.15, 0.2) is 0 Å². The van der Waals surface area contributed by atoms with Crippen molar-refractivity contribution in [3.05, 3.63) is 42.5 Å². The number of carbonyl (C=O) groups excluding carboxylic acids is 1. The summed E-state index contributed by atoms with van der Waals surface area (Å²) < 4.78 is 5.52. The maximum Gasteiger partial charge on any atom is 0.323 e. The van der Waals surface area contributed by atoms with Gasteiger partial charge in [-0.3, -0.25) is 9.59 Å². The van der Waals surface area contributed by atoms with Gasteiger partial charge < -0.3 is 14.7 Å². The molecule has 0 bridgehead atoms. The number of carboxylic acids is 1. The second-order valence-electron chi connectivity index (χ2n) is 4.72. The van der Waals surface area contributed by atoms with Crippen molar-refractivity contribution in [2.24, 2.45) is 0 Å². The molecule has 1 aromatic rings. The molecule has 1 aromatic carbocycles. The van der Waals surface area contributed by atoms with Crippen molar-refractivity contribution < 1.29 is 19.4 Å². The summed E-state index contributed by atoms with van der Waals surface area (Å²) >= 11 is 0. The second-order valence-corrected chi connectivity index (χ2v) is 4.72. The normalized spacial score (nSPS) is 9.95. The van der Waals surface area contributed by atoms with Gasteiger partial charge in [0.1, 0.15) is 12.3 Å². The van der Waals surface area contributed by atoms with Crippen LogP contribution < -0.4 is 4.74 Å². The Morgan fingerprint density at radius 2 is 2.00 bits per heavy atom. The number of amides is 1. The molecule has 0 fully saturated rings. The van der Waals surface area contributed by atoms with Gasteiger partial charge in [-0.2, -0.15) is 0 Å². The summed E-state index contributed by atoms with van der Waals surface area (Å²) in [6.07, 6.45) is 2.32. The second kappa shape index (κ2) is 8.79. The van der Waals surface area contributed by atoms with Crippen molar-refractivity contribution in [3.8, 4) is 5.75 Å². The molecule has 1 amide bonds.